The summed E-state index contributed by atoms with van der Waals surface area (Å²) in [5.74, 6) is -1.18. The van der Waals surface area contributed by atoms with Gasteiger partial charge >= 0.3 is 0 Å². The maximum absolute atomic E-state index is 13.9. The molecular weight excluding hydrogens is 316 g/mol. The van der Waals surface area contributed by atoms with Crippen LogP contribution in [-0.4, -0.2) is 37.1 Å². The molecule has 120 valence electrons. The Hall–Kier alpha value is -2.05. The normalized spacial score (nSPS) is 11.3. The number of hydrogen-bond acceptors (Lipinski definition) is 4. The lowest BCUT2D eigenvalue weighted by molar-refractivity contribution is 0.425. The Labute approximate surface area is 137 Å². The highest BCUT2D eigenvalue weighted by molar-refractivity contribution is 7.21. The molecule has 0 fully saturated rings. The average molecular weight is 333 g/mol. The Bertz CT molecular complexity index is 810. The van der Waals surface area contributed by atoms with Gasteiger partial charge in [-0.2, -0.15) is 0 Å². The van der Waals surface area contributed by atoms with E-state index in [1.807, 2.05) is 32.3 Å². The molecular formula is C17H17F2N3S. The van der Waals surface area contributed by atoms with Crippen LogP contribution in [-0.2, 0) is 0 Å². The smallest absolute Gasteiger partial charge is 0.136 e. The number of likely N-dealkylation sites (N-methyl/N-ethyl adjacent to an activating group) is 1. The van der Waals surface area contributed by atoms with Crippen LogP contribution < -0.4 is 5.32 Å². The van der Waals surface area contributed by atoms with E-state index in [0.717, 1.165) is 29.0 Å². The summed E-state index contributed by atoms with van der Waals surface area (Å²) in [4.78, 5) is 6.49. The van der Waals surface area contributed by atoms with Gasteiger partial charge in [-0.25, -0.2) is 13.8 Å². The van der Waals surface area contributed by atoms with Gasteiger partial charge in [0.15, 0.2) is 0 Å². The van der Waals surface area contributed by atoms with Crippen LogP contribution in [0, 0.1) is 11.6 Å². The molecule has 0 aliphatic carbocycles. The number of halogens is 2. The first kappa shape index (κ1) is 15.8. The Morgan fingerprint density at radius 2 is 1.87 bits per heavy atom. The van der Waals surface area contributed by atoms with Crippen LogP contribution in [0.2, 0.25) is 0 Å². The van der Waals surface area contributed by atoms with Crippen molar-refractivity contribution in [2.75, 3.05) is 32.5 Å². The molecule has 1 aromatic heterocycles. The van der Waals surface area contributed by atoms with Gasteiger partial charge in [0.25, 0.3) is 0 Å². The van der Waals surface area contributed by atoms with Crippen molar-refractivity contribution in [2.24, 2.45) is 0 Å². The highest BCUT2D eigenvalue weighted by Crippen LogP contribution is 2.34. The van der Waals surface area contributed by atoms with Gasteiger partial charge < -0.3 is 10.2 Å². The molecule has 0 aliphatic rings. The minimum Gasteiger partial charge on any atom is -0.384 e. The molecule has 3 aromatic rings. The van der Waals surface area contributed by atoms with Crippen molar-refractivity contribution in [3.05, 3.63) is 48.0 Å². The van der Waals surface area contributed by atoms with Gasteiger partial charge in [0, 0.05) is 18.8 Å². The van der Waals surface area contributed by atoms with Crippen molar-refractivity contribution in [2.45, 2.75) is 0 Å². The number of fused-ring (bicyclic) bond motifs is 1. The summed E-state index contributed by atoms with van der Waals surface area (Å²) in [6.45, 7) is 1.73. The van der Waals surface area contributed by atoms with Crippen LogP contribution in [0.15, 0.2) is 36.4 Å². The monoisotopic (exact) mass is 333 g/mol. The Morgan fingerprint density at radius 1 is 1.13 bits per heavy atom. The second-order valence-corrected chi connectivity index (χ2v) is 6.56. The molecule has 2 aromatic carbocycles. The predicted octanol–water partition coefficient (Wildman–Crippen LogP) is 4.22. The van der Waals surface area contributed by atoms with Crippen molar-refractivity contribution in [3.63, 3.8) is 0 Å². The number of aromatic nitrogens is 1. The van der Waals surface area contributed by atoms with E-state index in [1.165, 1.54) is 29.5 Å². The van der Waals surface area contributed by atoms with E-state index in [4.69, 9.17) is 0 Å². The highest BCUT2D eigenvalue weighted by Gasteiger charge is 2.15. The molecule has 0 bridgehead atoms. The molecule has 0 saturated heterocycles. The fraction of sp³-hybridized carbons (Fsp3) is 0.235. The lowest BCUT2D eigenvalue weighted by Crippen LogP contribution is -2.20. The summed E-state index contributed by atoms with van der Waals surface area (Å²) in [6.07, 6.45) is 0. The van der Waals surface area contributed by atoms with Crippen molar-refractivity contribution in [1.82, 2.24) is 9.88 Å². The van der Waals surface area contributed by atoms with Crippen LogP contribution in [0.3, 0.4) is 0 Å². The number of hydrogen-bond donors (Lipinski definition) is 1. The Kier molecular flexibility index (Phi) is 4.54. The van der Waals surface area contributed by atoms with Crippen LogP contribution in [0.25, 0.3) is 20.8 Å². The van der Waals surface area contributed by atoms with Gasteiger partial charge in [-0.15, -0.1) is 11.3 Å². The van der Waals surface area contributed by atoms with Gasteiger partial charge in [-0.3, -0.25) is 0 Å². The van der Waals surface area contributed by atoms with E-state index in [9.17, 15) is 8.78 Å². The predicted molar refractivity (Wildman–Crippen MR) is 92.0 cm³/mol. The number of nitrogens with one attached hydrogen (secondary N) is 1. The Morgan fingerprint density at radius 3 is 2.57 bits per heavy atom. The van der Waals surface area contributed by atoms with Crippen molar-refractivity contribution in [1.29, 1.82) is 0 Å². The van der Waals surface area contributed by atoms with Crippen molar-refractivity contribution in [3.8, 4) is 10.6 Å². The molecule has 0 unspecified atom stereocenters. The maximum Gasteiger partial charge on any atom is 0.136 e. The molecule has 0 amide bonds. The zero-order chi connectivity index (χ0) is 16.4. The molecule has 3 rings (SSSR count). The largest absolute Gasteiger partial charge is 0.384 e. The van der Waals surface area contributed by atoms with E-state index in [-0.39, 0.29) is 5.56 Å². The number of benzene rings is 2. The third kappa shape index (κ3) is 3.48. The van der Waals surface area contributed by atoms with Gasteiger partial charge in [-0.1, -0.05) is 6.07 Å². The van der Waals surface area contributed by atoms with E-state index < -0.39 is 11.6 Å². The summed E-state index contributed by atoms with van der Waals surface area (Å²) >= 11 is 1.29. The van der Waals surface area contributed by atoms with Crippen molar-refractivity contribution < 1.29 is 8.78 Å². The molecule has 1 N–H and O–H groups in total. The van der Waals surface area contributed by atoms with Gasteiger partial charge in [0.1, 0.15) is 16.6 Å². The molecule has 6 heteroatoms. The SMILES string of the molecule is CN(C)CCNc1ccc2sc(-c3c(F)cccc3F)nc2c1. The molecule has 0 spiro atoms. The quantitative estimate of drug-likeness (QED) is 0.758. The molecule has 0 radical (unpaired) electrons. The summed E-state index contributed by atoms with van der Waals surface area (Å²) < 4.78 is 28.7. The van der Waals surface area contributed by atoms with Gasteiger partial charge in [0.05, 0.1) is 15.8 Å². The van der Waals surface area contributed by atoms with E-state index in [1.54, 1.807) is 0 Å². The zero-order valence-electron chi connectivity index (χ0n) is 12.9. The maximum atomic E-state index is 13.9. The average Bonchev–Trinajstić information content (AvgIpc) is 2.89. The number of nitrogens with zero attached hydrogens (tertiary/aromatic N) is 2. The fourth-order valence-electron chi connectivity index (χ4n) is 2.27. The first-order valence-corrected chi connectivity index (χ1v) is 8.10. The molecule has 0 aliphatic heterocycles. The summed E-state index contributed by atoms with van der Waals surface area (Å²) in [7, 11) is 4.03. The van der Waals surface area contributed by atoms with Crippen LogP contribution in [0.1, 0.15) is 0 Å². The standard InChI is InChI=1S/C17H17F2N3S/c1-22(2)9-8-20-11-6-7-15-14(10-11)21-17(23-15)16-12(18)4-3-5-13(16)19/h3-7,10,20H,8-9H2,1-2H3. The minimum absolute atomic E-state index is 0.0594. The van der Waals surface area contributed by atoms with E-state index >= 15 is 0 Å². The number of thiazole rings is 1. The van der Waals surface area contributed by atoms with Crippen LogP contribution >= 0.6 is 11.3 Å². The lowest BCUT2D eigenvalue weighted by Gasteiger charge is -2.11. The van der Waals surface area contributed by atoms with Gasteiger partial charge in [-0.05, 0) is 44.4 Å². The highest BCUT2D eigenvalue weighted by atomic mass is 32.1. The summed E-state index contributed by atoms with van der Waals surface area (Å²) in [5, 5.41) is 3.68. The zero-order valence-corrected chi connectivity index (χ0v) is 13.8. The Balaban J connectivity index is 1.90. The number of rotatable bonds is 5. The second kappa shape index (κ2) is 6.60. The molecule has 3 nitrogen and oxygen atoms in total. The number of anilines is 1. The minimum atomic E-state index is -0.589. The third-order valence-corrected chi connectivity index (χ3v) is 4.51. The third-order valence-electron chi connectivity index (χ3n) is 3.45. The second-order valence-electron chi connectivity index (χ2n) is 5.53. The van der Waals surface area contributed by atoms with Crippen molar-refractivity contribution >= 4 is 27.2 Å². The first-order valence-electron chi connectivity index (χ1n) is 7.28. The molecule has 0 saturated carbocycles. The van der Waals surface area contributed by atoms with E-state index in [2.05, 4.69) is 15.2 Å². The molecule has 23 heavy (non-hydrogen) atoms. The first-order chi connectivity index (χ1) is 11.0. The van der Waals surface area contributed by atoms with Gasteiger partial charge in [0.2, 0.25) is 0 Å². The molecule has 0 atom stereocenters. The summed E-state index contributed by atoms with van der Waals surface area (Å²) in [5.41, 5.74) is 1.63. The topological polar surface area (TPSA) is 28.2 Å². The van der Waals surface area contributed by atoms with E-state index in [0.29, 0.717) is 5.01 Å². The van der Waals surface area contributed by atoms with Crippen LogP contribution in [0.5, 0.6) is 0 Å². The van der Waals surface area contributed by atoms with Crippen LogP contribution in [0.4, 0.5) is 14.5 Å². The fourth-order valence-corrected chi connectivity index (χ4v) is 3.26. The lowest BCUT2D eigenvalue weighted by atomic mass is 10.2. The molecule has 1 heterocycles. The summed E-state index contributed by atoms with van der Waals surface area (Å²) in [6, 6.07) is 9.64.